The molecular weight excluding hydrogens is 334 g/mol. The van der Waals surface area contributed by atoms with Crippen molar-refractivity contribution < 1.29 is 0 Å². The molecule has 1 N–H and O–H groups in total. The first-order chi connectivity index (χ1) is 9.56. The van der Waals surface area contributed by atoms with Crippen LogP contribution in [0.25, 0.3) is 10.6 Å². The molecule has 20 heavy (non-hydrogen) atoms. The molecule has 0 aliphatic rings. The van der Waals surface area contributed by atoms with Gasteiger partial charge < -0.3 is 5.32 Å². The van der Waals surface area contributed by atoms with Gasteiger partial charge >= 0.3 is 0 Å². The maximum atomic E-state index is 4.31. The smallest absolute Gasteiger partial charge is 0.148 e. The first-order valence-electron chi connectivity index (χ1n) is 6.88. The average Bonchev–Trinajstić information content (AvgIpc) is 2.83. The number of halogens is 1. The molecule has 2 aromatic rings. The van der Waals surface area contributed by atoms with Crippen molar-refractivity contribution in [1.82, 2.24) is 15.5 Å². The van der Waals surface area contributed by atoms with Crippen LogP contribution in [-0.4, -0.2) is 22.8 Å². The van der Waals surface area contributed by atoms with Gasteiger partial charge in [-0.25, -0.2) is 0 Å². The summed E-state index contributed by atoms with van der Waals surface area (Å²) in [7, 11) is 0. The van der Waals surface area contributed by atoms with Gasteiger partial charge in [-0.15, -0.1) is 10.2 Å². The van der Waals surface area contributed by atoms with Gasteiger partial charge in [-0.2, -0.15) is 0 Å². The van der Waals surface area contributed by atoms with Crippen molar-refractivity contribution in [2.24, 2.45) is 0 Å². The molecule has 0 spiro atoms. The van der Waals surface area contributed by atoms with E-state index in [0.29, 0.717) is 6.04 Å². The summed E-state index contributed by atoms with van der Waals surface area (Å²) in [5.74, 6) is 0. The summed E-state index contributed by atoms with van der Waals surface area (Å²) in [6.07, 6.45) is 2.09. The molecule has 0 amide bonds. The number of benzene rings is 1. The molecule has 1 heterocycles. The lowest BCUT2D eigenvalue weighted by Crippen LogP contribution is -2.23. The Morgan fingerprint density at radius 1 is 1.30 bits per heavy atom. The fraction of sp³-hybridized carbons (Fsp3) is 0.467. The largest absolute Gasteiger partial charge is 0.315 e. The number of nitrogens with zero attached hydrogens (tertiary/aromatic N) is 2. The van der Waals surface area contributed by atoms with Gasteiger partial charge in [-0.05, 0) is 31.5 Å². The Morgan fingerprint density at radius 3 is 2.80 bits per heavy atom. The lowest BCUT2D eigenvalue weighted by Gasteiger charge is -2.05. The Balaban J connectivity index is 1.98. The maximum absolute atomic E-state index is 4.31. The van der Waals surface area contributed by atoms with Crippen LogP contribution in [0.1, 0.15) is 30.8 Å². The number of hydrogen-bond acceptors (Lipinski definition) is 4. The standard InChI is InChI=1S/C15H20BrN3S/c1-10(2)17-8-4-5-14-18-19-15(20-14)12-7-6-11(3)9-13(12)16/h6-7,9-10,17H,4-5,8H2,1-3H3. The summed E-state index contributed by atoms with van der Waals surface area (Å²) >= 11 is 5.29. The number of aryl methyl sites for hydroxylation is 2. The van der Waals surface area contributed by atoms with Crippen molar-refractivity contribution >= 4 is 27.3 Å². The van der Waals surface area contributed by atoms with Crippen molar-refractivity contribution in [3.05, 3.63) is 33.2 Å². The number of aromatic nitrogens is 2. The molecule has 0 fully saturated rings. The maximum Gasteiger partial charge on any atom is 0.148 e. The van der Waals surface area contributed by atoms with Gasteiger partial charge in [0.1, 0.15) is 10.0 Å². The van der Waals surface area contributed by atoms with E-state index in [4.69, 9.17) is 0 Å². The molecule has 0 saturated carbocycles. The molecule has 5 heteroatoms. The van der Waals surface area contributed by atoms with Crippen LogP contribution in [0.3, 0.4) is 0 Å². The van der Waals surface area contributed by atoms with Crippen LogP contribution in [0, 0.1) is 6.92 Å². The Labute approximate surface area is 133 Å². The van der Waals surface area contributed by atoms with Gasteiger partial charge in [0.2, 0.25) is 0 Å². The van der Waals surface area contributed by atoms with E-state index in [1.54, 1.807) is 11.3 Å². The third kappa shape index (κ3) is 4.36. The Bertz CT molecular complexity index is 566. The second kappa shape index (κ2) is 7.29. The van der Waals surface area contributed by atoms with E-state index in [1.807, 2.05) is 0 Å². The van der Waals surface area contributed by atoms with Crippen molar-refractivity contribution in [2.45, 2.75) is 39.7 Å². The van der Waals surface area contributed by atoms with E-state index in [-0.39, 0.29) is 0 Å². The molecule has 0 radical (unpaired) electrons. The zero-order chi connectivity index (χ0) is 14.5. The third-order valence-electron chi connectivity index (χ3n) is 2.94. The van der Waals surface area contributed by atoms with Crippen LogP contribution in [0.15, 0.2) is 22.7 Å². The second-order valence-electron chi connectivity index (χ2n) is 5.20. The molecule has 108 valence electrons. The van der Waals surface area contributed by atoms with E-state index >= 15 is 0 Å². The van der Waals surface area contributed by atoms with Gasteiger partial charge in [0.15, 0.2) is 0 Å². The first kappa shape index (κ1) is 15.6. The average molecular weight is 354 g/mol. The van der Waals surface area contributed by atoms with E-state index in [9.17, 15) is 0 Å². The molecule has 0 aliphatic heterocycles. The highest BCUT2D eigenvalue weighted by molar-refractivity contribution is 9.10. The summed E-state index contributed by atoms with van der Waals surface area (Å²) in [5.41, 5.74) is 2.37. The molecule has 0 aliphatic carbocycles. The molecule has 1 aromatic heterocycles. The summed E-state index contributed by atoms with van der Waals surface area (Å²) in [6, 6.07) is 6.87. The van der Waals surface area contributed by atoms with E-state index in [2.05, 4.69) is 70.4 Å². The van der Waals surface area contributed by atoms with Gasteiger partial charge in [0, 0.05) is 22.5 Å². The van der Waals surface area contributed by atoms with Crippen LogP contribution in [0.5, 0.6) is 0 Å². The molecule has 3 nitrogen and oxygen atoms in total. The molecule has 0 saturated heterocycles. The van der Waals surface area contributed by atoms with Crippen molar-refractivity contribution in [1.29, 1.82) is 0 Å². The van der Waals surface area contributed by atoms with Gasteiger partial charge in [0.05, 0.1) is 0 Å². The lowest BCUT2D eigenvalue weighted by molar-refractivity contribution is 0.569. The van der Waals surface area contributed by atoms with Crippen LogP contribution in [-0.2, 0) is 6.42 Å². The van der Waals surface area contributed by atoms with E-state index in [1.165, 1.54) is 5.56 Å². The summed E-state index contributed by atoms with van der Waals surface area (Å²) < 4.78 is 1.08. The lowest BCUT2D eigenvalue weighted by atomic mass is 10.2. The molecule has 0 unspecified atom stereocenters. The Morgan fingerprint density at radius 2 is 2.10 bits per heavy atom. The minimum absolute atomic E-state index is 0.545. The van der Waals surface area contributed by atoms with Crippen LogP contribution >= 0.6 is 27.3 Å². The van der Waals surface area contributed by atoms with Gasteiger partial charge in [0.25, 0.3) is 0 Å². The Kier molecular flexibility index (Phi) is 5.69. The number of rotatable bonds is 6. The highest BCUT2D eigenvalue weighted by Gasteiger charge is 2.09. The quantitative estimate of drug-likeness (QED) is 0.790. The summed E-state index contributed by atoms with van der Waals surface area (Å²) in [4.78, 5) is 0. The molecule has 1 aromatic carbocycles. The zero-order valence-electron chi connectivity index (χ0n) is 12.1. The predicted molar refractivity (Wildman–Crippen MR) is 89.2 cm³/mol. The molecule has 0 bridgehead atoms. The summed E-state index contributed by atoms with van der Waals surface area (Å²) in [5, 5.41) is 14.1. The normalized spacial score (nSPS) is 11.2. The van der Waals surface area contributed by atoms with Crippen molar-refractivity contribution in [3.8, 4) is 10.6 Å². The third-order valence-corrected chi connectivity index (χ3v) is 4.61. The fourth-order valence-electron chi connectivity index (χ4n) is 1.89. The van der Waals surface area contributed by atoms with Crippen LogP contribution < -0.4 is 5.32 Å². The first-order valence-corrected chi connectivity index (χ1v) is 8.49. The molecular formula is C15H20BrN3S. The SMILES string of the molecule is Cc1ccc(-c2nnc(CCCNC(C)C)s2)c(Br)c1. The molecule has 2 rings (SSSR count). The minimum Gasteiger partial charge on any atom is -0.315 e. The summed E-state index contributed by atoms with van der Waals surface area (Å²) in [6.45, 7) is 7.44. The van der Waals surface area contributed by atoms with E-state index in [0.717, 1.165) is 39.4 Å². The van der Waals surface area contributed by atoms with Crippen LogP contribution in [0.2, 0.25) is 0 Å². The second-order valence-corrected chi connectivity index (χ2v) is 7.11. The predicted octanol–water partition coefficient (Wildman–Crippen LogP) is 4.21. The number of nitrogens with one attached hydrogen (secondary N) is 1. The van der Waals surface area contributed by atoms with Crippen molar-refractivity contribution in [2.75, 3.05) is 6.54 Å². The van der Waals surface area contributed by atoms with Gasteiger partial charge in [-0.3, -0.25) is 0 Å². The fourth-order valence-corrected chi connectivity index (χ4v) is 3.62. The monoisotopic (exact) mass is 353 g/mol. The van der Waals surface area contributed by atoms with Crippen LogP contribution in [0.4, 0.5) is 0 Å². The van der Waals surface area contributed by atoms with Crippen molar-refractivity contribution in [3.63, 3.8) is 0 Å². The zero-order valence-corrected chi connectivity index (χ0v) is 14.5. The number of hydrogen-bond donors (Lipinski definition) is 1. The topological polar surface area (TPSA) is 37.8 Å². The van der Waals surface area contributed by atoms with E-state index < -0.39 is 0 Å². The highest BCUT2D eigenvalue weighted by Crippen LogP contribution is 2.31. The highest BCUT2D eigenvalue weighted by atomic mass is 79.9. The molecule has 0 atom stereocenters. The minimum atomic E-state index is 0.545. The Hall–Kier alpha value is -0.780. The van der Waals surface area contributed by atoms with Gasteiger partial charge in [-0.1, -0.05) is 53.2 Å².